The van der Waals surface area contributed by atoms with Gasteiger partial charge in [0.15, 0.2) is 5.88 Å². The van der Waals surface area contributed by atoms with Crippen molar-refractivity contribution >= 4 is 0 Å². The number of hydrogen-bond donors (Lipinski definition) is 0. The van der Waals surface area contributed by atoms with Crippen molar-refractivity contribution in [2.24, 2.45) is 0 Å². The molecule has 1 saturated carbocycles. The molecule has 0 radical (unpaired) electrons. The normalized spacial score (nSPS) is 21.6. The molecule has 2 heteroatoms. The van der Waals surface area contributed by atoms with Crippen LogP contribution in [0.25, 0.3) is 0 Å². The zero-order chi connectivity index (χ0) is 9.10. The number of rotatable bonds is 3. The summed E-state index contributed by atoms with van der Waals surface area (Å²) >= 11 is 0. The van der Waals surface area contributed by atoms with Crippen LogP contribution in [0, 0.1) is 0 Å². The highest BCUT2D eigenvalue weighted by atomic mass is 16.5. The molecule has 2 fully saturated rings. The average molecular weight is 181 g/mol. The molecule has 13 heavy (non-hydrogen) atoms. The van der Waals surface area contributed by atoms with Crippen LogP contribution >= 0.6 is 0 Å². The quantitative estimate of drug-likeness (QED) is 0.620. The van der Waals surface area contributed by atoms with Gasteiger partial charge in [0.2, 0.25) is 0 Å². The lowest BCUT2D eigenvalue weighted by atomic mass is 10.1. The first-order valence-corrected chi connectivity index (χ1v) is 5.51. The Morgan fingerprint density at radius 3 is 2.46 bits per heavy atom. The zero-order valence-corrected chi connectivity index (χ0v) is 8.51. The van der Waals surface area contributed by atoms with Gasteiger partial charge in [-0.25, -0.2) is 0 Å². The molecule has 1 saturated heterocycles. The van der Waals surface area contributed by atoms with Crippen LogP contribution in [-0.2, 0) is 4.74 Å². The summed E-state index contributed by atoms with van der Waals surface area (Å²) in [4.78, 5) is 2.44. The Morgan fingerprint density at radius 2 is 1.92 bits per heavy atom. The zero-order valence-electron chi connectivity index (χ0n) is 8.51. The van der Waals surface area contributed by atoms with Crippen LogP contribution in [-0.4, -0.2) is 24.6 Å². The maximum absolute atomic E-state index is 5.71. The van der Waals surface area contributed by atoms with Crippen LogP contribution in [0.3, 0.4) is 0 Å². The van der Waals surface area contributed by atoms with E-state index < -0.39 is 0 Å². The molecule has 2 rings (SSSR count). The molecule has 0 N–H and O–H groups in total. The molecule has 2 nitrogen and oxygen atoms in total. The fourth-order valence-corrected chi connectivity index (χ4v) is 1.93. The molecule has 0 aromatic carbocycles. The van der Waals surface area contributed by atoms with Gasteiger partial charge >= 0.3 is 0 Å². The topological polar surface area (TPSA) is 12.5 Å². The standard InChI is InChI=1S/C11H19NO/c1-2-13-11(10-6-7-10)12-8-4-3-5-9-12/h2-9H2,1H3. The Morgan fingerprint density at radius 1 is 1.23 bits per heavy atom. The first kappa shape index (κ1) is 8.92. The second kappa shape index (κ2) is 4.03. The summed E-state index contributed by atoms with van der Waals surface area (Å²) in [7, 11) is 0. The molecule has 0 atom stereocenters. The van der Waals surface area contributed by atoms with Gasteiger partial charge in [-0.05, 0) is 44.6 Å². The van der Waals surface area contributed by atoms with Crippen molar-refractivity contribution in [2.45, 2.75) is 39.0 Å². The molecule has 1 aliphatic carbocycles. The number of allylic oxidation sites excluding steroid dienone is 1. The third kappa shape index (κ3) is 2.17. The molecule has 0 aromatic rings. The molecule has 0 unspecified atom stereocenters. The monoisotopic (exact) mass is 181 g/mol. The lowest BCUT2D eigenvalue weighted by Crippen LogP contribution is -2.30. The van der Waals surface area contributed by atoms with Gasteiger partial charge in [0, 0.05) is 13.1 Å². The van der Waals surface area contributed by atoms with Crippen LogP contribution in [0.5, 0.6) is 0 Å². The molecule has 0 aromatic heterocycles. The highest BCUT2D eigenvalue weighted by Crippen LogP contribution is 2.34. The molecule has 0 bridgehead atoms. The van der Waals surface area contributed by atoms with E-state index >= 15 is 0 Å². The summed E-state index contributed by atoms with van der Waals surface area (Å²) in [6, 6.07) is 0. The Hall–Kier alpha value is -0.660. The van der Waals surface area contributed by atoms with Crippen molar-refractivity contribution in [3.05, 3.63) is 11.5 Å². The molecule has 74 valence electrons. The van der Waals surface area contributed by atoms with Crippen LogP contribution in [0.2, 0.25) is 0 Å². The van der Waals surface area contributed by atoms with Crippen LogP contribution in [0.4, 0.5) is 0 Å². The Balaban J connectivity index is 1.98. The minimum atomic E-state index is 0.815. The van der Waals surface area contributed by atoms with Crippen molar-refractivity contribution in [3.8, 4) is 0 Å². The first-order chi connectivity index (χ1) is 6.42. The van der Waals surface area contributed by atoms with Crippen LogP contribution in [0.1, 0.15) is 39.0 Å². The highest BCUT2D eigenvalue weighted by Gasteiger charge is 2.24. The fraction of sp³-hybridized carbons (Fsp3) is 0.818. The first-order valence-electron chi connectivity index (χ1n) is 5.51. The van der Waals surface area contributed by atoms with Gasteiger partial charge in [0.1, 0.15) is 0 Å². The number of hydrogen-bond acceptors (Lipinski definition) is 2. The van der Waals surface area contributed by atoms with Gasteiger partial charge in [-0.15, -0.1) is 0 Å². The average Bonchev–Trinajstić information content (AvgIpc) is 2.99. The molecule has 1 heterocycles. The van der Waals surface area contributed by atoms with E-state index in [-0.39, 0.29) is 0 Å². The highest BCUT2D eigenvalue weighted by molar-refractivity contribution is 5.20. The van der Waals surface area contributed by atoms with E-state index in [2.05, 4.69) is 11.8 Å². The number of likely N-dealkylation sites (tertiary alicyclic amines) is 1. The third-order valence-corrected chi connectivity index (χ3v) is 2.73. The summed E-state index contributed by atoms with van der Waals surface area (Å²) in [5, 5.41) is 0. The molecule has 2 aliphatic rings. The van der Waals surface area contributed by atoms with E-state index in [9.17, 15) is 0 Å². The van der Waals surface area contributed by atoms with Crippen LogP contribution < -0.4 is 0 Å². The summed E-state index contributed by atoms with van der Waals surface area (Å²) < 4.78 is 5.71. The number of piperidine rings is 1. The second-order valence-corrected chi connectivity index (χ2v) is 3.89. The lowest BCUT2D eigenvalue weighted by Gasteiger charge is -2.30. The van der Waals surface area contributed by atoms with Crippen molar-refractivity contribution in [1.29, 1.82) is 0 Å². The minimum Gasteiger partial charge on any atom is -0.479 e. The van der Waals surface area contributed by atoms with E-state index in [0.717, 1.165) is 6.61 Å². The van der Waals surface area contributed by atoms with Gasteiger partial charge in [-0.1, -0.05) is 0 Å². The van der Waals surface area contributed by atoms with Gasteiger partial charge in [0.25, 0.3) is 0 Å². The Kier molecular flexibility index (Phi) is 2.77. The van der Waals surface area contributed by atoms with Crippen molar-refractivity contribution in [2.75, 3.05) is 19.7 Å². The molecule has 0 spiro atoms. The number of nitrogens with zero attached hydrogens (tertiary/aromatic N) is 1. The van der Waals surface area contributed by atoms with E-state index in [1.807, 2.05) is 0 Å². The number of ether oxygens (including phenoxy) is 1. The predicted octanol–water partition coefficient (Wildman–Crippen LogP) is 2.51. The molecular weight excluding hydrogens is 162 g/mol. The van der Waals surface area contributed by atoms with Crippen molar-refractivity contribution in [3.63, 3.8) is 0 Å². The largest absolute Gasteiger partial charge is 0.479 e. The maximum Gasteiger partial charge on any atom is 0.188 e. The molecule has 1 aliphatic heterocycles. The van der Waals surface area contributed by atoms with Gasteiger partial charge in [0.05, 0.1) is 6.61 Å². The van der Waals surface area contributed by atoms with E-state index in [4.69, 9.17) is 4.74 Å². The molecule has 0 amide bonds. The fourth-order valence-electron chi connectivity index (χ4n) is 1.93. The smallest absolute Gasteiger partial charge is 0.188 e. The maximum atomic E-state index is 5.71. The van der Waals surface area contributed by atoms with Crippen molar-refractivity contribution < 1.29 is 4.74 Å². The third-order valence-electron chi connectivity index (χ3n) is 2.73. The van der Waals surface area contributed by atoms with Crippen molar-refractivity contribution in [1.82, 2.24) is 4.90 Å². The Bertz CT molecular complexity index is 198. The second-order valence-electron chi connectivity index (χ2n) is 3.89. The Labute approximate surface area is 80.6 Å². The van der Waals surface area contributed by atoms with E-state index in [0.29, 0.717) is 0 Å². The molecular formula is C11H19NO. The SMILES string of the molecule is CCOC(=C1CC1)N1CCCCC1. The summed E-state index contributed by atoms with van der Waals surface area (Å²) in [6.07, 6.45) is 6.61. The van der Waals surface area contributed by atoms with Crippen LogP contribution in [0.15, 0.2) is 11.5 Å². The summed E-state index contributed by atoms with van der Waals surface area (Å²) in [6.45, 7) is 5.31. The predicted molar refractivity (Wildman–Crippen MR) is 53.3 cm³/mol. The summed E-state index contributed by atoms with van der Waals surface area (Å²) in [5.41, 5.74) is 1.55. The van der Waals surface area contributed by atoms with E-state index in [1.54, 1.807) is 5.57 Å². The van der Waals surface area contributed by atoms with Gasteiger partial charge < -0.3 is 9.64 Å². The van der Waals surface area contributed by atoms with E-state index in [1.165, 1.54) is 51.1 Å². The minimum absolute atomic E-state index is 0.815. The lowest BCUT2D eigenvalue weighted by molar-refractivity contribution is 0.105. The van der Waals surface area contributed by atoms with Gasteiger partial charge in [-0.3, -0.25) is 0 Å². The summed E-state index contributed by atoms with van der Waals surface area (Å²) in [5.74, 6) is 1.22. The van der Waals surface area contributed by atoms with Gasteiger partial charge in [-0.2, -0.15) is 0 Å².